The van der Waals surface area contributed by atoms with Crippen molar-refractivity contribution in [1.29, 1.82) is 0 Å². The van der Waals surface area contributed by atoms with Gasteiger partial charge in [-0.1, -0.05) is 53.2 Å². The first kappa shape index (κ1) is 46.0. The van der Waals surface area contributed by atoms with E-state index in [2.05, 4.69) is 45.9 Å². The fourth-order valence-corrected chi connectivity index (χ4v) is 6.78. The van der Waals surface area contributed by atoms with Crippen LogP contribution in [0, 0.1) is 27.7 Å². The van der Waals surface area contributed by atoms with E-state index < -0.39 is 5.97 Å². The third kappa shape index (κ3) is 11.8. The topological polar surface area (TPSA) is 257 Å². The van der Waals surface area contributed by atoms with Crippen molar-refractivity contribution in [2.75, 3.05) is 11.5 Å². The normalized spacial score (nSPS) is 10.6. The summed E-state index contributed by atoms with van der Waals surface area (Å²) < 4.78 is 3.10. The molecule has 17 nitrogen and oxygen atoms in total. The van der Waals surface area contributed by atoms with Crippen LogP contribution in [0.3, 0.4) is 0 Å². The second kappa shape index (κ2) is 20.5. The lowest BCUT2D eigenvalue weighted by Crippen LogP contribution is -2.24. The Hall–Kier alpha value is -7.08. The second-order valence-electron chi connectivity index (χ2n) is 14.0. The fraction of sp³-hybridized carbons (Fsp3) is 0.209. The summed E-state index contributed by atoms with van der Waals surface area (Å²) in [5.74, 6) is -0.357. The zero-order valence-corrected chi connectivity index (χ0v) is 35.1. The number of aryl methyl sites for hydroxylation is 4. The molecule has 0 saturated carbocycles. The summed E-state index contributed by atoms with van der Waals surface area (Å²) in [6.45, 7) is 9.51. The average molecular weight is 878 g/mol. The highest BCUT2D eigenvalue weighted by Crippen LogP contribution is 2.21. The second-order valence-corrected chi connectivity index (χ2v) is 14.9. The minimum atomic E-state index is -1.09. The van der Waals surface area contributed by atoms with Crippen LogP contribution in [0.4, 0.5) is 11.6 Å². The van der Waals surface area contributed by atoms with E-state index in [-0.39, 0.29) is 24.7 Å². The molecule has 320 valence electrons. The van der Waals surface area contributed by atoms with Gasteiger partial charge in [-0.15, -0.1) is 10.2 Å². The van der Waals surface area contributed by atoms with Gasteiger partial charge in [0, 0.05) is 47.6 Å². The summed E-state index contributed by atoms with van der Waals surface area (Å²) >= 11 is 11.9. The number of nitrogen functional groups attached to an aromatic ring is 2. The number of rotatable bonds is 9. The number of carboxylic acids is 1. The van der Waals surface area contributed by atoms with Gasteiger partial charge in [-0.3, -0.25) is 14.8 Å². The van der Waals surface area contributed by atoms with E-state index in [1.807, 2.05) is 82.3 Å². The van der Waals surface area contributed by atoms with E-state index >= 15 is 0 Å². The van der Waals surface area contributed by atoms with Gasteiger partial charge in [-0.2, -0.15) is 0 Å². The van der Waals surface area contributed by atoms with Crippen molar-refractivity contribution in [2.24, 2.45) is 5.73 Å². The van der Waals surface area contributed by atoms with Crippen molar-refractivity contribution in [2.45, 2.75) is 61.3 Å². The molecule has 0 aliphatic carbocycles. The number of nitrogens with one attached hydrogen (secondary N) is 1. The van der Waals surface area contributed by atoms with Gasteiger partial charge >= 0.3 is 5.97 Å². The molecule has 19 heteroatoms. The first-order valence-corrected chi connectivity index (χ1v) is 19.5. The number of carbonyl (C=O) groups is 2. The summed E-state index contributed by atoms with van der Waals surface area (Å²) in [4.78, 5) is 40.1. The van der Waals surface area contributed by atoms with E-state index in [0.717, 1.165) is 66.6 Å². The Balaban J connectivity index is 0.000000195. The molecule has 8 rings (SSSR count). The highest BCUT2D eigenvalue weighted by atomic mass is 35.5. The average Bonchev–Trinajstić information content (AvgIpc) is 3.88. The molecule has 0 fully saturated rings. The highest BCUT2D eigenvalue weighted by molar-refractivity contribution is 6.31. The minimum absolute atomic E-state index is 0. The van der Waals surface area contributed by atoms with Crippen LogP contribution >= 0.6 is 23.2 Å². The highest BCUT2D eigenvalue weighted by Gasteiger charge is 2.14. The molecule has 0 unspecified atom stereocenters. The summed E-state index contributed by atoms with van der Waals surface area (Å²) in [6.07, 6.45) is 6.23. The zero-order valence-electron chi connectivity index (χ0n) is 33.6. The molecule has 62 heavy (non-hydrogen) atoms. The smallest absolute Gasteiger partial charge is 0.358 e. The van der Waals surface area contributed by atoms with Crippen LogP contribution in [0.2, 0.25) is 10.0 Å². The zero-order chi connectivity index (χ0) is 43.8. The number of benzene rings is 2. The number of anilines is 2. The number of halogens is 2. The summed E-state index contributed by atoms with van der Waals surface area (Å²) in [6, 6.07) is 18.9. The van der Waals surface area contributed by atoms with Gasteiger partial charge in [-0.25, -0.2) is 24.1 Å². The molecule has 6 aromatic heterocycles. The number of nitrogens with two attached hydrogens (primary N) is 3. The predicted molar refractivity (Wildman–Crippen MR) is 241 cm³/mol. The molecule has 0 saturated heterocycles. The van der Waals surface area contributed by atoms with Crippen LogP contribution in [0.25, 0.3) is 21.8 Å². The molecular weight excluding hydrogens is 831 g/mol. The van der Waals surface area contributed by atoms with Gasteiger partial charge in [0.05, 0.1) is 46.6 Å². The largest absolute Gasteiger partial charge is 0.476 e. The standard InChI is InChI=1S/C21H20ClN7O.C13H9ClN4O2.C8H13N3.CH4/c1-12-5-20(23)26-13(2)17(12)9-25-21(30)19-11-29(28-27-19)10-14-3-4-18-15(6-14)7-16(22)8-24-18;14-10-4-9-3-8(1-2-11(9)15-5-10)6-18-7-12(13(19)20)16-17-18;1-5-3-8(10)11-6(2)7(5)4-9;/h3-8,11H,9-10H2,1-2H3,(H2,23,26)(H,25,30);1-5,7H,6H2,(H,19,20);3H,4,9H2,1-2H3,(H2,10,11);1H4. The SMILES string of the molecule is C.Cc1cc(N)nc(C)c1CN.Cc1cc(N)nc(C)c1CNC(=O)c1cn(Cc2ccc3ncc(Cl)cc3c2)nn1.O=C(O)c1cn(Cc2ccc3ncc(Cl)cc3c2)nn1. The first-order valence-electron chi connectivity index (χ1n) is 18.7. The number of carbonyl (C=O) groups excluding carboxylic acids is 1. The summed E-state index contributed by atoms with van der Waals surface area (Å²) in [5, 5.41) is 30.1. The minimum Gasteiger partial charge on any atom is -0.476 e. The van der Waals surface area contributed by atoms with E-state index in [1.54, 1.807) is 29.3 Å². The van der Waals surface area contributed by atoms with E-state index in [0.29, 0.717) is 47.9 Å². The maximum atomic E-state index is 12.5. The van der Waals surface area contributed by atoms with Crippen molar-refractivity contribution in [3.63, 3.8) is 0 Å². The Morgan fingerprint density at radius 3 is 1.61 bits per heavy atom. The lowest BCUT2D eigenvalue weighted by molar-refractivity contribution is 0.0690. The maximum Gasteiger partial charge on any atom is 0.358 e. The monoisotopic (exact) mass is 876 g/mol. The molecule has 0 spiro atoms. The number of hydrogen-bond acceptors (Lipinski definition) is 13. The van der Waals surface area contributed by atoms with Crippen molar-refractivity contribution in [3.05, 3.63) is 152 Å². The fourth-order valence-electron chi connectivity index (χ4n) is 6.44. The van der Waals surface area contributed by atoms with Crippen LogP contribution in [0.15, 0.2) is 85.5 Å². The van der Waals surface area contributed by atoms with Gasteiger partial charge in [0.1, 0.15) is 11.6 Å². The van der Waals surface area contributed by atoms with Crippen molar-refractivity contribution in [1.82, 2.24) is 55.2 Å². The third-order valence-corrected chi connectivity index (χ3v) is 9.83. The van der Waals surface area contributed by atoms with Crippen molar-refractivity contribution < 1.29 is 14.7 Å². The lowest BCUT2D eigenvalue weighted by atomic mass is 10.1. The van der Waals surface area contributed by atoms with Crippen LogP contribution < -0.4 is 22.5 Å². The number of aromatic nitrogens is 10. The van der Waals surface area contributed by atoms with Crippen LogP contribution in [0.1, 0.15) is 73.2 Å². The molecule has 6 heterocycles. The number of hydrogen-bond donors (Lipinski definition) is 5. The maximum absolute atomic E-state index is 12.5. The molecule has 0 bridgehead atoms. The van der Waals surface area contributed by atoms with Crippen LogP contribution in [0.5, 0.6) is 0 Å². The number of nitrogens with zero attached hydrogens (tertiary/aromatic N) is 10. The van der Waals surface area contributed by atoms with Gasteiger partial charge < -0.3 is 27.6 Å². The molecule has 1 amide bonds. The molecule has 8 N–H and O–H groups in total. The van der Waals surface area contributed by atoms with Gasteiger partial charge in [0.25, 0.3) is 5.91 Å². The number of aromatic carboxylic acids is 1. The van der Waals surface area contributed by atoms with Gasteiger partial charge in [0.2, 0.25) is 0 Å². The Labute approximate surface area is 367 Å². The number of carboxylic acid groups (broad SMARTS) is 1. The molecule has 0 aliphatic heterocycles. The van der Waals surface area contributed by atoms with Crippen LogP contribution in [-0.2, 0) is 26.2 Å². The quantitative estimate of drug-likeness (QED) is 0.102. The molecule has 0 radical (unpaired) electrons. The number of pyridine rings is 4. The van der Waals surface area contributed by atoms with E-state index in [4.69, 9.17) is 45.5 Å². The van der Waals surface area contributed by atoms with Gasteiger partial charge in [-0.05, 0) is 110 Å². The summed E-state index contributed by atoms with van der Waals surface area (Å²) in [5.41, 5.74) is 26.5. The Morgan fingerprint density at radius 2 is 1.16 bits per heavy atom. The van der Waals surface area contributed by atoms with Crippen LogP contribution in [-0.4, -0.2) is 66.9 Å². The van der Waals surface area contributed by atoms with Gasteiger partial charge in [0.15, 0.2) is 11.4 Å². The van der Waals surface area contributed by atoms with E-state index in [1.165, 1.54) is 10.9 Å². The number of amides is 1. The Morgan fingerprint density at radius 1 is 0.694 bits per heavy atom. The Kier molecular flexibility index (Phi) is 15.2. The number of fused-ring (bicyclic) bond motifs is 2. The third-order valence-electron chi connectivity index (χ3n) is 9.42. The van der Waals surface area contributed by atoms with Crippen molar-refractivity contribution in [3.8, 4) is 0 Å². The first-order chi connectivity index (χ1) is 29.1. The lowest BCUT2D eigenvalue weighted by Gasteiger charge is -2.10. The summed E-state index contributed by atoms with van der Waals surface area (Å²) in [7, 11) is 0. The molecular formula is C43H46Cl2N14O3. The molecule has 8 aromatic rings. The predicted octanol–water partition coefficient (Wildman–Crippen LogP) is 6.65. The van der Waals surface area contributed by atoms with Crippen molar-refractivity contribution >= 4 is 68.5 Å². The Bertz CT molecular complexity index is 2830. The molecule has 0 aliphatic rings. The molecule has 0 atom stereocenters. The molecule has 2 aromatic carbocycles. The van der Waals surface area contributed by atoms with E-state index in [9.17, 15) is 9.59 Å².